The molecular weight excluding hydrogens is 175 g/mol. The highest BCUT2D eigenvalue weighted by Gasteiger charge is 2.34. The molecule has 0 aliphatic rings. The molecule has 4 heteroatoms. The second-order valence-corrected chi connectivity index (χ2v) is 5.44. The predicted octanol–water partition coefficient (Wildman–Crippen LogP) is 3.27. The summed E-state index contributed by atoms with van der Waals surface area (Å²) in [6, 6.07) is 0. The van der Waals surface area contributed by atoms with Crippen molar-refractivity contribution in [2.45, 2.75) is 52.7 Å². The minimum absolute atomic E-state index is 0.418. The average molecular weight is 193 g/mol. The van der Waals surface area contributed by atoms with Crippen LogP contribution in [0.5, 0.6) is 0 Å². The smallest absolute Gasteiger partial charge is 0.113 e. The molecule has 0 bridgehead atoms. The van der Waals surface area contributed by atoms with Crippen molar-refractivity contribution in [1.82, 2.24) is 0 Å². The van der Waals surface area contributed by atoms with Gasteiger partial charge in [0, 0.05) is 4.57 Å². The molecule has 0 aliphatic carbocycles. The van der Waals surface area contributed by atoms with Crippen LogP contribution in [-0.2, 0) is 13.6 Å². The minimum atomic E-state index is -2.01. The zero-order valence-electron chi connectivity index (χ0n) is 8.67. The summed E-state index contributed by atoms with van der Waals surface area (Å²) in [5, 5.41) is 0. The molecule has 72 valence electrons. The van der Waals surface area contributed by atoms with E-state index in [1.165, 1.54) is 0 Å². The maximum atomic E-state index is 11.2. The molecule has 12 heavy (non-hydrogen) atoms. The van der Waals surface area contributed by atoms with Crippen LogP contribution in [0.2, 0.25) is 0 Å². The van der Waals surface area contributed by atoms with Crippen LogP contribution in [0.15, 0.2) is 0 Å². The number of hydrogen-bond acceptors (Lipinski definition) is 3. The van der Waals surface area contributed by atoms with E-state index in [1.54, 1.807) is 0 Å². The van der Waals surface area contributed by atoms with Crippen molar-refractivity contribution in [3.05, 3.63) is 0 Å². The quantitative estimate of drug-likeness (QED) is 0.631. The van der Waals surface area contributed by atoms with E-state index in [-0.39, 0.29) is 0 Å². The summed E-state index contributed by atoms with van der Waals surface area (Å²) in [6.07, 6.45) is 0. The molecule has 0 aromatic rings. The Bertz CT molecular complexity index is 146. The summed E-state index contributed by atoms with van der Waals surface area (Å²) in [6.45, 7) is 11.0. The Morgan fingerprint density at radius 1 is 0.833 bits per heavy atom. The first-order valence-corrected chi connectivity index (χ1v) is 5.05. The third-order valence-electron chi connectivity index (χ3n) is 0.697. The van der Waals surface area contributed by atoms with E-state index >= 15 is 0 Å². The zero-order valence-corrected chi connectivity index (χ0v) is 9.57. The molecule has 0 unspecified atom stereocenters. The molecule has 0 aliphatic heterocycles. The summed E-state index contributed by atoms with van der Waals surface area (Å²) in [5.74, 6) is 0. The molecule has 0 fully saturated rings. The molecule has 0 radical (unpaired) electrons. The van der Waals surface area contributed by atoms with Gasteiger partial charge < -0.3 is 0 Å². The summed E-state index contributed by atoms with van der Waals surface area (Å²) in [7, 11) is -2.01. The Morgan fingerprint density at radius 2 is 1.08 bits per heavy atom. The maximum Gasteiger partial charge on any atom is 0.698 e. The third-order valence-corrected chi connectivity index (χ3v) is 2.09. The lowest BCUT2D eigenvalue weighted by molar-refractivity contribution is 0.0634. The molecule has 0 saturated carbocycles. The standard InChI is InChI=1S/C8H18O3P/c1-7(2,3)10-12(9)11-8(4,5)6/h1-6H3/q+1. The van der Waals surface area contributed by atoms with E-state index in [1.807, 2.05) is 41.5 Å². The van der Waals surface area contributed by atoms with Crippen LogP contribution < -0.4 is 0 Å². The fraction of sp³-hybridized carbons (Fsp3) is 1.00. The van der Waals surface area contributed by atoms with Crippen LogP contribution in [-0.4, -0.2) is 11.2 Å². The Labute approximate surface area is 75.4 Å². The van der Waals surface area contributed by atoms with Gasteiger partial charge in [-0.3, -0.25) is 0 Å². The van der Waals surface area contributed by atoms with Gasteiger partial charge in [-0.05, 0) is 41.5 Å². The van der Waals surface area contributed by atoms with Crippen molar-refractivity contribution in [3.8, 4) is 0 Å². The third kappa shape index (κ3) is 8.12. The Hall–Kier alpha value is 0.0200. The first kappa shape index (κ1) is 12.0. The molecule has 0 atom stereocenters. The van der Waals surface area contributed by atoms with Crippen LogP contribution in [0.3, 0.4) is 0 Å². The van der Waals surface area contributed by atoms with Crippen LogP contribution >= 0.6 is 8.25 Å². The van der Waals surface area contributed by atoms with Crippen LogP contribution in [0, 0.1) is 0 Å². The normalized spacial score (nSPS) is 13.2. The van der Waals surface area contributed by atoms with Crippen molar-refractivity contribution in [1.29, 1.82) is 0 Å². The van der Waals surface area contributed by atoms with Gasteiger partial charge in [0.1, 0.15) is 11.2 Å². The summed E-state index contributed by atoms with van der Waals surface area (Å²) < 4.78 is 21.4. The second-order valence-electron chi connectivity index (χ2n) is 4.63. The van der Waals surface area contributed by atoms with E-state index in [2.05, 4.69) is 0 Å². The first-order chi connectivity index (χ1) is 5.10. The van der Waals surface area contributed by atoms with E-state index in [0.29, 0.717) is 0 Å². The molecule has 3 nitrogen and oxygen atoms in total. The largest absolute Gasteiger partial charge is 0.698 e. The van der Waals surface area contributed by atoms with E-state index in [4.69, 9.17) is 9.05 Å². The average Bonchev–Trinajstić information content (AvgIpc) is 1.49. The lowest BCUT2D eigenvalue weighted by atomic mass is 10.2. The lowest BCUT2D eigenvalue weighted by Crippen LogP contribution is -2.19. The highest BCUT2D eigenvalue weighted by molar-refractivity contribution is 7.33. The van der Waals surface area contributed by atoms with Crippen molar-refractivity contribution in [2.75, 3.05) is 0 Å². The maximum absolute atomic E-state index is 11.2. The fourth-order valence-electron chi connectivity index (χ4n) is 0.466. The lowest BCUT2D eigenvalue weighted by Gasteiger charge is -2.12. The molecule has 0 rings (SSSR count). The van der Waals surface area contributed by atoms with Gasteiger partial charge in [-0.2, -0.15) is 0 Å². The second kappa shape index (κ2) is 3.82. The molecule has 0 aromatic carbocycles. The Balaban J connectivity index is 3.92. The molecule has 0 N–H and O–H groups in total. The van der Waals surface area contributed by atoms with E-state index in [0.717, 1.165) is 0 Å². The molecule has 0 spiro atoms. The summed E-state index contributed by atoms with van der Waals surface area (Å²) in [4.78, 5) is 0. The van der Waals surface area contributed by atoms with Gasteiger partial charge in [-0.25, -0.2) is 0 Å². The molecule has 0 aromatic heterocycles. The van der Waals surface area contributed by atoms with Crippen molar-refractivity contribution in [3.63, 3.8) is 0 Å². The molecule has 0 saturated heterocycles. The van der Waals surface area contributed by atoms with E-state index in [9.17, 15) is 4.57 Å². The van der Waals surface area contributed by atoms with Crippen LogP contribution in [0.25, 0.3) is 0 Å². The highest BCUT2D eigenvalue weighted by Crippen LogP contribution is 2.35. The van der Waals surface area contributed by atoms with Gasteiger partial charge in [-0.1, -0.05) is 0 Å². The minimum Gasteiger partial charge on any atom is -0.113 e. The Kier molecular flexibility index (Phi) is 3.83. The molecular formula is C8H18O3P+. The van der Waals surface area contributed by atoms with Gasteiger partial charge in [0.15, 0.2) is 0 Å². The van der Waals surface area contributed by atoms with Gasteiger partial charge in [0.2, 0.25) is 0 Å². The van der Waals surface area contributed by atoms with Gasteiger partial charge in [0.25, 0.3) is 0 Å². The fourth-order valence-corrected chi connectivity index (χ4v) is 1.40. The van der Waals surface area contributed by atoms with Gasteiger partial charge in [-0.15, -0.1) is 9.05 Å². The SMILES string of the molecule is CC(C)(C)O[P+](=O)OC(C)(C)C. The number of rotatable bonds is 2. The number of hydrogen-bond donors (Lipinski definition) is 0. The van der Waals surface area contributed by atoms with Crippen molar-refractivity contribution in [2.24, 2.45) is 0 Å². The monoisotopic (exact) mass is 193 g/mol. The predicted molar refractivity (Wildman–Crippen MR) is 49.3 cm³/mol. The summed E-state index contributed by atoms with van der Waals surface area (Å²) >= 11 is 0. The first-order valence-electron chi connectivity index (χ1n) is 3.96. The van der Waals surface area contributed by atoms with Crippen LogP contribution in [0.4, 0.5) is 0 Å². The van der Waals surface area contributed by atoms with Crippen molar-refractivity contribution < 1.29 is 13.6 Å². The highest BCUT2D eigenvalue weighted by atomic mass is 31.1. The Morgan fingerprint density at radius 3 is 1.25 bits per heavy atom. The zero-order chi connectivity index (χ0) is 9.99. The van der Waals surface area contributed by atoms with Gasteiger partial charge >= 0.3 is 8.25 Å². The van der Waals surface area contributed by atoms with Crippen LogP contribution in [0.1, 0.15) is 41.5 Å². The summed E-state index contributed by atoms with van der Waals surface area (Å²) in [5.41, 5.74) is -0.836. The van der Waals surface area contributed by atoms with E-state index < -0.39 is 19.5 Å². The van der Waals surface area contributed by atoms with Gasteiger partial charge in [0.05, 0.1) is 0 Å². The topological polar surface area (TPSA) is 35.5 Å². The molecule has 0 amide bonds. The molecule has 0 heterocycles. The van der Waals surface area contributed by atoms with Crippen molar-refractivity contribution >= 4 is 8.25 Å².